The lowest BCUT2D eigenvalue weighted by Gasteiger charge is -2.26. The number of nitrogen functional groups attached to an aromatic ring is 2. The highest BCUT2D eigenvalue weighted by Gasteiger charge is 2.30. The summed E-state index contributed by atoms with van der Waals surface area (Å²) in [7, 11) is 0. The molecule has 0 spiro atoms. The van der Waals surface area contributed by atoms with Gasteiger partial charge in [-0.05, 0) is 36.8 Å². The van der Waals surface area contributed by atoms with E-state index in [1.807, 2.05) is 19.2 Å². The third kappa shape index (κ3) is 4.86. The van der Waals surface area contributed by atoms with Gasteiger partial charge in [-0.1, -0.05) is 35.3 Å². The summed E-state index contributed by atoms with van der Waals surface area (Å²) >= 11 is 12.2. The number of nitrogens with one attached hydrogen (secondary N) is 2. The molecule has 36 heavy (non-hydrogen) atoms. The Morgan fingerprint density at radius 3 is 2.61 bits per heavy atom. The first kappa shape index (κ1) is 24.7. The second-order valence-corrected chi connectivity index (χ2v) is 8.41. The van der Waals surface area contributed by atoms with Crippen molar-refractivity contribution in [1.29, 1.82) is 10.5 Å². The number of guanidine groups is 1. The molecule has 1 aliphatic heterocycles. The molecule has 2 heterocycles. The van der Waals surface area contributed by atoms with Crippen LogP contribution in [0.1, 0.15) is 35.2 Å². The minimum Gasteiger partial charge on any atom is -0.490 e. The zero-order valence-corrected chi connectivity index (χ0v) is 20.5. The summed E-state index contributed by atoms with van der Waals surface area (Å²) in [5.74, 6) is 1.37. The molecular weight excluding hydrogens is 503 g/mol. The fraction of sp³-hybridized carbons (Fsp3) is 0.167. The summed E-state index contributed by atoms with van der Waals surface area (Å²) in [4.78, 5) is 8.83. The quantitative estimate of drug-likeness (QED) is 0.271. The topological polar surface area (TPSA) is 167 Å². The van der Waals surface area contributed by atoms with Crippen LogP contribution in [0.25, 0.3) is 0 Å². The molecule has 0 saturated carbocycles. The van der Waals surface area contributed by atoms with E-state index < -0.39 is 6.04 Å². The van der Waals surface area contributed by atoms with E-state index in [0.29, 0.717) is 39.3 Å². The zero-order chi connectivity index (χ0) is 25.8. The zero-order valence-electron chi connectivity index (χ0n) is 19.0. The van der Waals surface area contributed by atoms with Crippen LogP contribution in [0.15, 0.2) is 41.4 Å². The highest BCUT2D eigenvalue weighted by molar-refractivity contribution is 6.35. The van der Waals surface area contributed by atoms with Crippen molar-refractivity contribution in [2.75, 3.05) is 23.4 Å². The van der Waals surface area contributed by atoms with Crippen molar-refractivity contribution in [2.45, 2.75) is 19.6 Å². The van der Waals surface area contributed by atoms with Crippen LogP contribution in [0.5, 0.6) is 11.5 Å². The smallest absolute Gasteiger partial charge is 0.211 e. The lowest BCUT2D eigenvalue weighted by atomic mass is 9.95. The molecule has 12 heteroatoms. The van der Waals surface area contributed by atoms with Gasteiger partial charge in [0, 0.05) is 21.2 Å². The number of rotatable bonds is 6. The molecule has 10 nitrogen and oxygen atoms in total. The minimum atomic E-state index is -0.712. The van der Waals surface area contributed by atoms with Crippen LogP contribution < -0.4 is 31.6 Å². The van der Waals surface area contributed by atoms with Gasteiger partial charge in [-0.15, -0.1) is 0 Å². The second-order valence-electron chi connectivity index (χ2n) is 7.57. The summed E-state index contributed by atoms with van der Waals surface area (Å²) in [6.45, 7) is 2.43. The minimum absolute atomic E-state index is 0.0298. The van der Waals surface area contributed by atoms with Gasteiger partial charge in [-0.2, -0.15) is 10.5 Å². The van der Waals surface area contributed by atoms with Crippen molar-refractivity contribution in [2.24, 2.45) is 4.99 Å². The third-order valence-electron chi connectivity index (χ3n) is 5.34. The molecule has 0 radical (unpaired) electrons. The summed E-state index contributed by atoms with van der Waals surface area (Å²) in [6, 6.07) is 11.7. The fourth-order valence-corrected chi connectivity index (χ4v) is 4.16. The van der Waals surface area contributed by atoms with E-state index >= 15 is 0 Å². The van der Waals surface area contributed by atoms with Crippen LogP contribution in [0, 0.1) is 22.8 Å². The average molecular weight is 523 g/mol. The van der Waals surface area contributed by atoms with Crippen molar-refractivity contribution in [3.63, 3.8) is 0 Å². The monoisotopic (exact) mass is 522 g/mol. The van der Waals surface area contributed by atoms with Gasteiger partial charge in [-0.3, -0.25) is 5.32 Å². The van der Waals surface area contributed by atoms with E-state index in [4.69, 9.17) is 49.4 Å². The van der Waals surface area contributed by atoms with Crippen LogP contribution in [-0.2, 0) is 6.61 Å². The molecule has 1 aromatic heterocycles. The Hall–Kier alpha value is -4.38. The molecule has 4 rings (SSSR count). The predicted molar refractivity (Wildman–Crippen MR) is 138 cm³/mol. The summed E-state index contributed by atoms with van der Waals surface area (Å²) in [6.07, 6.45) is 1.82. The van der Waals surface area contributed by atoms with Crippen LogP contribution >= 0.6 is 23.2 Å². The van der Waals surface area contributed by atoms with Gasteiger partial charge in [-0.25, -0.2) is 9.98 Å². The summed E-state index contributed by atoms with van der Waals surface area (Å²) < 4.78 is 11.8. The lowest BCUT2D eigenvalue weighted by Crippen LogP contribution is -2.32. The Balaban J connectivity index is 1.74. The number of anilines is 3. The number of ether oxygens (including phenoxy) is 2. The largest absolute Gasteiger partial charge is 0.490 e. The molecule has 2 aromatic carbocycles. The maximum absolute atomic E-state index is 9.52. The Morgan fingerprint density at radius 1 is 1.11 bits per heavy atom. The van der Waals surface area contributed by atoms with Crippen LogP contribution in [-0.4, -0.2) is 17.6 Å². The van der Waals surface area contributed by atoms with Gasteiger partial charge in [0.05, 0.1) is 12.3 Å². The Labute approximate surface area is 217 Å². The highest BCUT2D eigenvalue weighted by atomic mass is 35.5. The SMILES string of the molecule is CCOc1cc(C2N=C(NC#N)Nc3nc(N)c(C#N)c(N)c32)ccc1OCc1ccc(Cl)cc1Cl. The fourth-order valence-electron chi connectivity index (χ4n) is 3.70. The van der Waals surface area contributed by atoms with E-state index in [2.05, 4.69) is 20.6 Å². The molecule has 1 unspecified atom stereocenters. The number of nitrogens with zero attached hydrogens (tertiary/aromatic N) is 4. The molecule has 0 aliphatic carbocycles. The number of fused-ring (bicyclic) bond motifs is 1. The van der Waals surface area contributed by atoms with E-state index in [1.165, 1.54) is 0 Å². The molecule has 0 saturated heterocycles. The molecule has 1 aliphatic rings. The van der Waals surface area contributed by atoms with E-state index in [-0.39, 0.29) is 35.5 Å². The molecule has 0 amide bonds. The number of aromatic nitrogens is 1. The Kier molecular flexibility index (Phi) is 7.20. The van der Waals surface area contributed by atoms with Crippen molar-refractivity contribution >= 4 is 46.5 Å². The van der Waals surface area contributed by atoms with E-state index in [9.17, 15) is 5.26 Å². The number of halogens is 2. The molecular formula is C24H20Cl2N8O2. The van der Waals surface area contributed by atoms with E-state index in [1.54, 1.807) is 36.4 Å². The van der Waals surface area contributed by atoms with Crippen LogP contribution in [0.4, 0.5) is 17.3 Å². The van der Waals surface area contributed by atoms with Crippen LogP contribution in [0.3, 0.4) is 0 Å². The second kappa shape index (κ2) is 10.5. The summed E-state index contributed by atoms with van der Waals surface area (Å²) in [5, 5.41) is 25.0. The molecule has 6 N–H and O–H groups in total. The first-order valence-corrected chi connectivity index (χ1v) is 11.4. The number of aliphatic imine (C=N–C) groups is 1. The maximum Gasteiger partial charge on any atom is 0.211 e. The predicted octanol–water partition coefficient (Wildman–Crippen LogP) is 4.34. The van der Waals surface area contributed by atoms with Gasteiger partial charge >= 0.3 is 0 Å². The number of nitrogens with two attached hydrogens (primary N) is 2. The molecule has 1 atom stereocenters. The maximum atomic E-state index is 9.52. The van der Waals surface area contributed by atoms with Gasteiger partial charge in [0.1, 0.15) is 35.9 Å². The third-order valence-corrected chi connectivity index (χ3v) is 5.93. The average Bonchev–Trinajstić information content (AvgIpc) is 2.84. The van der Waals surface area contributed by atoms with Gasteiger partial charge in [0.25, 0.3) is 0 Å². The van der Waals surface area contributed by atoms with Gasteiger partial charge in [0.15, 0.2) is 17.7 Å². The van der Waals surface area contributed by atoms with Crippen molar-refractivity contribution in [1.82, 2.24) is 10.3 Å². The lowest BCUT2D eigenvalue weighted by molar-refractivity contribution is 0.269. The Bertz CT molecular complexity index is 1450. The number of benzene rings is 2. The van der Waals surface area contributed by atoms with Gasteiger partial charge < -0.3 is 26.3 Å². The molecule has 182 valence electrons. The highest BCUT2D eigenvalue weighted by Crippen LogP contribution is 2.42. The standard InChI is InChI=1S/C24H20Cl2N8O2/c1-2-35-18-7-12(4-6-17(18)36-10-13-3-5-14(25)8-16(13)26)21-19-20(29)15(9-27)22(30)33-23(19)34-24(32-21)31-11-28/h3-8,21H,2,10H2,1H3,(H6,29,30,31,32,33,34). The number of pyridine rings is 1. The first-order valence-electron chi connectivity index (χ1n) is 10.7. The van der Waals surface area contributed by atoms with E-state index in [0.717, 1.165) is 5.56 Å². The molecule has 3 aromatic rings. The number of hydrogen-bond acceptors (Lipinski definition) is 10. The van der Waals surface area contributed by atoms with Gasteiger partial charge in [0.2, 0.25) is 5.96 Å². The Morgan fingerprint density at radius 2 is 1.92 bits per heavy atom. The number of nitriles is 2. The first-order chi connectivity index (χ1) is 17.4. The van der Waals surface area contributed by atoms with Crippen molar-refractivity contribution < 1.29 is 9.47 Å². The number of hydrogen-bond donors (Lipinski definition) is 4. The normalized spacial score (nSPS) is 13.9. The van der Waals surface area contributed by atoms with Crippen LogP contribution in [0.2, 0.25) is 10.0 Å². The van der Waals surface area contributed by atoms with Crippen molar-refractivity contribution in [3.05, 3.63) is 68.7 Å². The molecule has 0 fully saturated rings. The van der Waals surface area contributed by atoms with Crippen molar-refractivity contribution in [3.8, 4) is 23.8 Å². The molecule has 0 bridgehead atoms. The summed E-state index contributed by atoms with van der Waals surface area (Å²) in [5.41, 5.74) is 14.3.